The number of aryl methyl sites for hydroxylation is 1. The third-order valence-electron chi connectivity index (χ3n) is 2.33. The van der Waals surface area contributed by atoms with Gasteiger partial charge in [-0.2, -0.15) is 0 Å². The molecule has 0 saturated carbocycles. The van der Waals surface area contributed by atoms with Crippen molar-refractivity contribution >= 4 is 0 Å². The molecule has 0 bridgehead atoms. The Labute approximate surface area is 91.5 Å². The molecule has 0 saturated heterocycles. The van der Waals surface area contributed by atoms with Gasteiger partial charge in [-0.05, 0) is 31.0 Å². The van der Waals surface area contributed by atoms with Crippen molar-refractivity contribution in [2.75, 3.05) is 13.1 Å². The smallest absolute Gasteiger partial charge is 0.0931 e. The number of hydrogen-bond donors (Lipinski definition) is 2. The Morgan fingerprint density at radius 3 is 2.73 bits per heavy atom. The van der Waals surface area contributed by atoms with E-state index in [-0.39, 0.29) is 0 Å². The molecule has 84 valence electrons. The van der Waals surface area contributed by atoms with Crippen LogP contribution in [0.2, 0.25) is 0 Å². The molecule has 15 heavy (non-hydrogen) atoms. The van der Waals surface area contributed by atoms with Crippen LogP contribution in [0.15, 0.2) is 18.5 Å². The number of rotatable bonds is 5. The van der Waals surface area contributed by atoms with Gasteiger partial charge in [-0.3, -0.25) is 4.98 Å². The van der Waals surface area contributed by atoms with Gasteiger partial charge in [-0.15, -0.1) is 0 Å². The van der Waals surface area contributed by atoms with Gasteiger partial charge in [0.05, 0.1) is 6.10 Å². The molecule has 1 atom stereocenters. The summed E-state index contributed by atoms with van der Waals surface area (Å²) in [5.74, 6) is 0.604. The number of hydrogen-bond acceptors (Lipinski definition) is 3. The van der Waals surface area contributed by atoms with Gasteiger partial charge in [0, 0.05) is 24.5 Å². The van der Waals surface area contributed by atoms with Crippen LogP contribution in [0.1, 0.15) is 31.1 Å². The molecule has 1 heterocycles. The summed E-state index contributed by atoms with van der Waals surface area (Å²) < 4.78 is 0. The first-order valence-electron chi connectivity index (χ1n) is 5.40. The van der Waals surface area contributed by atoms with E-state index in [9.17, 15) is 5.11 Å². The number of aliphatic hydroxyl groups is 1. The summed E-state index contributed by atoms with van der Waals surface area (Å²) in [7, 11) is 0. The summed E-state index contributed by atoms with van der Waals surface area (Å²) in [4.78, 5) is 4.02. The Bertz CT molecular complexity index is 299. The van der Waals surface area contributed by atoms with E-state index in [0.717, 1.165) is 17.7 Å². The fourth-order valence-electron chi connectivity index (χ4n) is 1.44. The molecule has 1 aromatic rings. The molecule has 0 aliphatic carbocycles. The molecule has 3 nitrogen and oxygen atoms in total. The van der Waals surface area contributed by atoms with Crippen LogP contribution in [-0.4, -0.2) is 23.2 Å². The average Bonchev–Trinajstić information content (AvgIpc) is 2.17. The van der Waals surface area contributed by atoms with Gasteiger partial charge in [-0.25, -0.2) is 0 Å². The zero-order valence-corrected chi connectivity index (χ0v) is 9.70. The van der Waals surface area contributed by atoms with Crippen molar-refractivity contribution in [1.29, 1.82) is 0 Å². The molecule has 2 N–H and O–H groups in total. The van der Waals surface area contributed by atoms with Gasteiger partial charge in [0.2, 0.25) is 0 Å². The molecule has 0 amide bonds. The highest BCUT2D eigenvalue weighted by atomic mass is 16.3. The first-order chi connectivity index (χ1) is 7.11. The molecule has 1 aromatic heterocycles. The number of nitrogens with one attached hydrogen (secondary N) is 1. The minimum Gasteiger partial charge on any atom is -0.387 e. The van der Waals surface area contributed by atoms with Crippen molar-refractivity contribution in [2.24, 2.45) is 5.92 Å². The van der Waals surface area contributed by atoms with Crippen molar-refractivity contribution in [3.63, 3.8) is 0 Å². The number of pyridine rings is 1. The van der Waals surface area contributed by atoms with E-state index in [4.69, 9.17) is 0 Å². The summed E-state index contributed by atoms with van der Waals surface area (Å²) in [6.45, 7) is 7.80. The SMILES string of the molecule is Cc1ccncc1C(O)CNCC(C)C. The van der Waals surface area contributed by atoms with Crippen LogP contribution in [0.4, 0.5) is 0 Å². The highest BCUT2D eigenvalue weighted by molar-refractivity contribution is 5.23. The lowest BCUT2D eigenvalue weighted by Gasteiger charge is -2.14. The minimum absolute atomic E-state index is 0.461. The van der Waals surface area contributed by atoms with E-state index in [1.54, 1.807) is 12.4 Å². The Kier molecular flexibility index (Phi) is 4.72. The molecule has 3 heteroatoms. The van der Waals surface area contributed by atoms with Crippen LogP contribution < -0.4 is 5.32 Å². The first-order valence-corrected chi connectivity index (χ1v) is 5.40. The largest absolute Gasteiger partial charge is 0.387 e. The lowest BCUT2D eigenvalue weighted by Crippen LogP contribution is -2.25. The Hall–Kier alpha value is -0.930. The van der Waals surface area contributed by atoms with Crippen LogP contribution in [-0.2, 0) is 0 Å². The van der Waals surface area contributed by atoms with E-state index in [2.05, 4.69) is 24.1 Å². The zero-order chi connectivity index (χ0) is 11.3. The maximum absolute atomic E-state index is 9.91. The predicted octanol–water partition coefficient (Wildman–Crippen LogP) is 1.67. The van der Waals surface area contributed by atoms with Gasteiger partial charge < -0.3 is 10.4 Å². The van der Waals surface area contributed by atoms with E-state index in [1.165, 1.54) is 0 Å². The maximum atomic E-state index is 9.91. The second-order valence-electron chi connectivity index (χ2n) is 4.30. The average molecular weight is 208 g/mol. The quantitative estimate of drug-likeness (QED) is 0.773. The first kappa shape index (κ1) is 12.1. The van der Waals surface area contributed by atoms with Crippen molar-refractivity contribution in [3.05, 3.63) is 29.6 Å². The van der Waals surface area contributed by atoms with Crippen molar-refractivity contribution < 1.29 is 5.11 Å². The zero-order valence-electron chi connectivity index (χ0n) is 9.70. The number of aromatic nitrogens is 1. The Morgan fingerprint density at radius 2 is 2.13 bits per heavy atom. The molecule has 1 rings (SSSR count). The van der Waals surface area contributed by atoms with E-state index in [1.807, 2.05) is 13.0 Å². The topological polar surface area (TPSA) is 45.2 Å². The van der Waals surface area contributed by atoms with Gasteiger partial charge >= 0.3 is 0 Å². The maximum Gasteiger partial charge on any atom is 0.0931 e. The molecule has 0 aliphatic heterocycles. The molecule has 0 aliphatic rings. The summed E-state index contributed by atoms with van der Waals surface area (Å²) in [5, 5.41) is 13.1. The number of aliphatic hydroxyl groups excluding tert-OH is 1. The van der Waals surface area contributed by atoms with Gasteiger partial charge in [0.1, 0.15) is 0 Å². The van der Waals surface area contributed by atoms with E-state index in [0.29, 0.717) is 12.5 Å². The van der Waals surface area contributed by atoms with Gasteiger partial charge in [0.15, 0.2) is 0 Å². The van der Waals surface area contributed by atoms with Crippen LogP contribution in [0, 0.1) is 12.8 Å². The fourth-order valence-corrected chi connectivity index (χ4v) is 1.44. The fraction of sp³-hybridized carbons (Fsp3) is 0.583. The highest BCUT2D eigenvalue weighted by Gasteiger charge is 2.09. The molecule has 0 radical (unpaired) electrons. The van der Waals surface area contributed by atoms with Crippen molar-refractivity contribution in [1.82, 2.24) is 10.3 Å². The van der Waals surface area contributed by atoms with Crippen LogP contribution >= 0.6 is 0 Å². The summed E-state index contributed by atoms with van der Waals surface area (Å²) in [5.41, 5.74) is 2.00. The molecule has 0 fully saturated rings. The predicted molar refractivity (Wildman–Crippen MR) is 61.6 cm³/mol. The Morgan fingerprint density at radius 1 is 1.40 bits per heavy atom. The second kappa shape index (κ2) is 5.83. The van der Waals surface area contributed by atoms with E-state index < -0.39 is 6.10 Å². The van der Waals surface area contributed by atoms with Crippen LogP contribution in [0.3, 0.4) is 0 Å². The lowest BCUT2D eigenvalue weighted by molar-refractivity contribution is 0.172. The molecule has 0 spiro atoms. The molecular formula is C12H20N2O. The molecule has 0 aromatic carbocycles. The monoisotopic (exact) mass is 208 g/mol. The normalized spacial score (nSPS) is 13.1. The van der Waals surface area contributed by atoms with Crippen LogP contribution in [0.5, 0.6) is 0 Å². The van der Waals surface area contributed by atoms with Crippen LogP contribution in [0.25, 0.3) is 0 Å². The summed E-state index contributed by atoms with van der Waals surface area (Å²) >= 11 is 0. The minimum atomic E-state index is -0.461. The summed E-state index contributed by atoms with van der Waals surface area (Å²) in [6, 6.07) is 1.92. The summed E-state index contributed by atoms with van der Waals surface area (Å²) in [6.07, 6.45) is 3.02. The standard InChI is InChI=1S/C12H20N2O/c1-9(2)6-14-8-12(15)11-7-13-5-4-10(11)3/h4-5,7,9,12,14-15H,6,8H2,1-3H3. The molecular weight excluding hydrogens is 188 g/mol. The van der Waals surface area contributed by atoms with Gasteiger partial charge in [0.25, 0.3) is 0 Å². The second-order valence-corrected chi connectivity index (χ2v) is 4.30. The third kappa shape index (κ3) is 3.98. The van der Waals surface area contributed by atoms with Crippen molar-refractivity contribution in [2.45, 2.75) is 26.9 Å². The highest BCUT2D eigenvalue weighted by Crippen LogP contribution is 2.14. The van der Waals surface area contributed by atoms with Gasteiger partial charge in [-0.1, -0.05) is 13.8 Å². The Balaban J connectivity index is 2.47. The lowest BCUT2D eigenvalue weighted by atomic mass is 10.1. The third-order valence-corrected chi connectivity index (χ3v) is 2.33. The van der Waals surface area contributed by atoms with Crippen molar-refractivity contribution in [3.8, 4) is 0 Å². The number of nitrogens with zero attached hydrogens (tertiary/aromatic N) is 1. The molecule has 1 unspecified atom stereocenters. The van der Waals surface area contributed by atoms with E-state index >= 15 is 0 Å².